The molecular weight excluding hydrogens is 285 g/mol. The van der Waals surface area contributed by atoms with Crippen LogP contribution in [0, 0.1) is 5.82 Å². The Morgan fingerprint density at radius 3 is 2.80 bits per heavy atom. The van der Waals surface area contributed by atoms with Crippen molar-refractivity contribution in [1.82, 2.24) is 4.98 Å². The molecule has 0 fully saturated rings. The molecule has 1 aromatic heterocycles. The van der Waals surface area contributed by atoms with Crippen LogP contribution in [0.25, 0.3) is 0 Å². The highest BCUT2D eigenvalue weighted by Gasteiger charge is 2.18. The van der Waals surface area contributed by atoms with Gasteiger partial charge in [0.2, 0.25) is 0 Å². The van der Waals surface area contributed by atoms with Crippen molar-refractivity contribution >= 4 is 17.6 Å². The second-order valence-electron chi connectivity index (χ2n) is 4.09. The Bertz CT molecular complexity index is 661. The van der Waals surface area contributed by atoms with Gasteiger partial charge in [-0.05, 0) is 29.3 Å². The molecule has 0 amide bonds. The number of aromatic nitrogens is 1. The molecule has 20 heavy (non-hydrogen) atoms. The van der Waals surface area contributed by atoms with Gasteiger partial charge in [-0.2, -0.15) is 0 Å². The van der Waals surface area contributed by atoms with Crippen molar-refractivity contribution in [2.45, 2.75) is 6.42 Å². The standard InChI is InChI=1S/C14H11ClFNO3/c1-20-12-7-17-6-9(13(12)14(18)19)4-8-5-10(15)2-3-11(8)16/h2-3,5-7H,4H2,1H3,(H,18,19). The maximum absolute atomic E-state index is 13.7. The molecule has 2 rings (SSSR count). The first-order valence-corrected chi connectivity index (χ1v) is 6.08. The molecule has 1 N–H and O–H groups in total. The van der Waals surface area contributed by atoms with E-state index in [-0.39, 0.29) is 17.7 Å². The van der Waals surface area contributed by atoms with Crippen molar-refractivity contribution in [1.29, 1.82) is 0 Å². The Balaban J connectivity index is 2.48. The summed E-state index contributed by atoms with van der Waals surface area (Å²) < 4.78 is 18.7. The van der Waals surface area contributed by atoms with Crippen LogP contribution in [-0.2, 0) is 6.42 Å². The number of carbonyl (C=O) groups is 1. The number of carboxylic acid groups (broad SMARTS) is 1. The largest absolute Gasteiger partial charge is 0.494 e. The summed E-state index contributed by atoms with van der Waals surface area (Å²) in [6, 6.07) is 4.13. The van der Waals surface area contributed by atoms with E-state index in [2.05, 4.69) is 4.98 Å². The maximum atomic E-state index is 13.7. The number of ether oxygens (including phenoxy) is 1. The van der Waals surface area contributed by atoms with Crippen molar-refractivity contribution < 1.29 is 19.0 Å². The number of halogens is 2. The van der Waals surface area contributed by atoms with Gasteiger partial charge >= 0.3 is 5.97 Å². The fraction of sp³-hybridized carbons (Fsp3) is 0.143. The topological polar surface area (TPSA) is 59.4 Å². The molecule has 104 valence electrons. The monoisotopic (exact) mass is 295 g/mol. The number of hydrogen-bond acceptors (Lipinski definition) is 3. The van der Waals surface area contributed by atoms with E-state index in [1.807, 2.05) is 0 Å². The number of rotatable bonds is 4. The number of hydrogen-bond donors (Lipinski definition) is 1. The highest BCUT2D eigenvalue weighted by molar-refractivity contribution is 6.30. The smallest absolute Gasteiger partial charge is 0.339 e. The van der Waals surface area contributed by atoms with E-state index in [0.29, 0.717) is 16.1 Å². The fourth-order valence-electron chi connectivity index (χ4n) is 1.90. The number of benzene rings is 1. The minimum atomic E-state index is -1.15. The van der Waals surface area contributed by atoms with Crippen molar-refractivity contribution in [3.8, 4) is 5.75 Å². The zero-order chi connectivity index (χ0) is 14.7. The lowest BCUT2D eigenvalue weighted by molar-refractivity contribution is 0.0692. The molecule has 0 unspecified atom stereocenters. The number of pyridine rings is 1. The average Bonchev–Trinajstić information content (AvgIpc) is 2.42. The van der Waals surface area contributed by atoms with Gasteiger partial charge in [0.05, 0.1) is 13.3 Å². The van der Waals surface area contributed by atoms with Crippen LogP contribution in [0.15, 0.2) is 30.6 Å². The summed E-state index contributed by atoms with van der Waals surface area (Å²) in [4.78, 5) is 15.2. The molecule has 0 atom stereocenters. The molecule has 0 radical (unpaired) electrons. The summed E-state index contributed by atoms with van der Waals surface area (Å²) in [5.41, 5.74) is 0.634. The van der Waals surface area contributed by atoms with Gasteiger partial charge in [0.25, 0.3) is 0 Å². The van der Waals surface area contributed by atoms with Gasteiger partial charge in [-0.25, -0.2) is 9.18 Å². The highest BCUT2D eigenvalue weighted by atomic mass is 35.5. The van der Waals surface area contributed by atoms with Gasteiger partial charge in [0.15, 0.2) is 5.75 Å². The van der Waals surface area contributed by atoms with Gasteiger partial charge in [-0.15, -0.1) is 0 Å². The summed E-state index contributed by atoms with van der Waals surface area (Å²) in [6.45, 7) is 0. The molecule has 0 aliphatic heterocycles. The number of methoxy groups -OCH3 is 1. The van der Waals surface area contributed by atoms with Crippen LogP contribution in [0.1, 0.15) is 21.5 Å². The quantitative estimate of drug-likeness (QED) is 0.941. The molecule has 4 nitrogen and oxygen atoms in total. The minimum Gasteiger partial charge on any atom is -0.494 e. The van der Waals surface area contributed by atoms with Crippen LogP contribution < -0.4 is 4.74 Å². The first kappa shape index (κ1) is 14.3. The first-order valence-electron chi connectivity index (χ1n) is 5.71. The second kappa shape index (κ2) is 5.88. The molecule has 2 aromatic rings. The van der Waals surface area contributed by atoms with E-state index >= 15 is 0 Å². The Kier molecular flexibility index (Phi) is 4.20. The van der Waals surface area contributed by atoms with Crippen molar-refractivity contribution in [2.24, 2.45) is 0 Å². The van der Waals surface area contributed by atoms with Crippen molar-refractivity contribution in [3.63, 3.8) is 0 Å². The zero-order valence-electron chi connectivity index (χ0n) is 10.6. The Labute approximate surface area is 119 Å². The van der Waals surface area contributed by atoms with Gasteiger partial charge in [0, 0.05) is 17.6 Å². The van der Waals surface area contributed by atoms with Crippen LogP contribution in [0.2, 0.25) is 5.02 Å². The molecule has 1 aromatic carbocycles. The van der Waals surface area contributed by atoms with E-state index in [0.717, 1.165) is 0 Å². The predicted octanol–water partition coefficient (Wildman–Crippen LogP) is 3.17. The van der Waals surface area contributed by atoms with Gasteiger partial charge in [-0.1, -0.05) is 11.6 Å². The van der Waals surface area contributed by atoms with E-state index < -0.39 is 11.8 Å². The predicted molar refractivity (Wildman–Crippen MR) is 72.0 cm³/mol. The lowest BCUT2D eigenvalue weighted by Crippen LogP contribution is -2.07. The first-order chi connectivity index (χ1) is 9.52. The average molecular weight is 296 g/mol. The van der Waals surface area contributed by atoms with Crippen LogP contribution in [0.3, 0.4) is 0 Å². The third-order valence-electron chi connectivity index (χ3n) is 2.81. The highest BCUT2D eigenvalue weighted by Crippen LogP contribution is 2.25. The number of aromatic carboxylic acids is 1. The summed E-state index contributed by atoms with van der Waals surface area (Å²) in [5, 5.41) is 9.64. The molecular formula is C14H11ClFNO3. The van der Waals surface area contributed by atoms with Gasteiger partial charge in [0.1, 0.15) is 11.4 Å². The maximum Gasteiger partial charge on any atom is 0.339 e. The third-order valence-corrected chi connectivity index (χ3v) is 3.05. The minimum absolute atomic E-state index is 0.0260. The molecule has 0 aliphatic rings. The van der Waals surface area contributed by atoms with E-state index in [1.54, 1.807) is 0 Å². The summed E-state index contributed by atoms with van der Waals surface area (Å²) in [6.07, 6.45) is 2.76. The zero-order valence-corrected chi connectivity index (χ0v) is 11.3. The van der Waals surface area contributed by atoms with Crippen molar-refractivity contribution in [3.05, 3.63) is 58.1 Å². The van der Waals surface area contributed by atoms with Gasteiger partial charge < -0.3 is 9.84 Å². The Hall–Kier alpha value is -2.14. The third kappa shape index (κ3) is 2.88. The van der Waals surface area contributed by atoms with E-state index in [4.69, 9.17) is 16.3 Å². The summed E-state index contributed by atoms with van der Waals surface area (Å²) >= 11 is 5.82. The lowest BCUT2D eigenvalue weighted by Gasteiger charge is -2.10. The van der Waals surface area contributed by atoms with Gasteiger partial charge in [-0.3, -0.25) is 4.98 Å². The fourth-order valence-corrected chi connectivity index (χ4v) is 2.09. The lowest BCUT2D eigenvalue weighted by atomic mass is 10.0. The molecule has 1 heterocycles. The van der Waals surface area contributed by atoms with Crippen molar-refractivity contribution in [2.75, 3.05) is 7.11 Å². The summed E-state index contributed by atoms with van der Waals surface area (Å²) in [5.74, 6) is -1.47. The molecule has 0 aliphatic carbocycles. The Morgan fingerprint density at radius 2 is 2.15 bits per heavy atom. The SMILES string of the molecule is COc1cncc(Cc2cc(Cl)ccc2F)c1C(=O)O. The van der Waals surface area contributed by atoms with Crippen LogP contribution >= 0.6 is 11.6 Å². The number of nitrogens with zero attached hydrogens (tertiary/aromatic N) is 1. The van der Waals surface area contributed by atoms with Crippen LogP contribution in [-0.4, -0.2) is 23.2 Å². The Morgan fingerprint density at radius 1 is 1.40 bits per heavy atom. The molecule has 0 saturated carbocycles. The normalized spacial score (nSPS) is 10.3. The van der Waals surface area contributed by atoms with Crippen LogP contribution in [0.5, 0.6) is 5.75 Å². The molecule has 0 saturated heterocycles. The van der Waals surface area contributed by atoms with E-state index in [9.17, 15) is 14.3 Å². The second-order valence-corrected chi connectivity index (χ2v) is 4.53. The number of carboxylic acids is 1. The molecule has 0 bridgehead atoms. The van der Waals surface area contributed by atoms with E-state index in [1.165, 1.54) is 37.7 Å². The summed E-state index contributed by atoms with van der Waals surface area (Å²) in [7, 11) is 1.35. The molecule has 6 heteroatoms. The van der Waals surface area contributed by atoms with Crippen LogP contribution in [0.4, 0.5) is 4.39 Å². The molecule has 0 spiro atoms.